The van der Waals surface area contributed by atoms with Crippen LogP contribution in [0.3, 0.4) is 0 Å². The van der Waals surface area contributed by atoms with Gasteiger partial charge in [0.05, 0.1) is 31.1 Å². The van der Waals surface area contributed by atoms with Gasteiger partial charge in [0.1, 0.15) is 5.82 Å². The Morgan fingerprint density at radius 2 is 1.80 bits per heavy atom. The predicted molar refractivity (Wildman–Crippen MR) is 95.5 cm³/mol. The van der Waals surface area contributed by atoms with Crippen LogP contribution in [0.4, 0.5) is 4.39 Å². The van der Waals surface area contributed by atoms with Crippen molar-refractivity contribution in [2.24, 2.45) is 0 Å². The second kappa shape index (κ2) is 8.29. The number of thioether (sulfide) groups is 1. The summed E-state index contributed by atoms with van der Waals surface area (Å²) in [6.45, 7) is 0.105. The zero-order valence-corrected chi connectivity index (χ0v) is 14.4. The fraction of sp³-hybridized carbons (Fsp3) is 0.211. The molecule has 0 fully saturated rings. The van der Waals surface area contributed by atoms with E-state index in [2.05, 4.69) is 4.98 Å². The van der Waals surface area contributed by atoms with E-state index in [-0.39, 0.29) is 19.0 Å². The Kier molecular flexibility index (Phi) is 5.86. The van der Waals surface area contributed by atoms with E-state index in [1.807, 2.05) is 30.3 Å². The number of benzene rings is 2. The molecule has 25 heavy (non-hydrogen) atoms. The third-order valence-corrected chi connectivity index (χ3v) is 4.96. The summed E-state index contributed by atoms with van der Waals surface area (Å²) in [5, 5.41) is 20.6. The lowest BCUT2D eigenvalue weighted by atomic mass is 10.1. The van der Waals surface area contributed by atoms with E-state index in [4.69, 9.17) is 0 Å². The molecule has 0 amide bonds. The number of aliphatic hydroxyl groups is 2. The molecule has 1 aromatic heterocycles. The van der Waals surface area contributed by atoms with Crippen molar-refractivity contribution in [3.05, 3.63) is 83.4 Å². The molecule has 0 radical (unpaired) electrons. The molecule has 0 bridgehead atoms. The van der Waals surface area contributed by atoms with Crippen molar-refractivity contribution in [2.75, 3.05) is 0 Å². The van der Waals surface area contributed by atoms with Crippen molar-refractivity contribution in [3.8, 4) is 0 Å². The molecule has 3 aromatic rings. The Labute approximate surface area is 150 Å². The van der Waals surface area contributed by atoms with Gasteiger partial charge in [-0.2, -0.15) is 0 Å². The first-order valence-electron chi connectivity index (χ1n) is 7.93. The van der Waals surface area contributed by atoms with Crippen LogP contribution in [0.1, 0.15) is 22.9 Å². The van der Waals surface area contributed by atoms with E-state index in [9.17, 15) is 14.6 Å². The summed E-state index contributed by atoms with van der Waals surface area (Å²) in [6.07, 6.45) is 0.870. The van der Waals surface area contributed by atoms with Gasteiger partial charge in [-0.3, -0.25) is 0 Å². The third kappa shape index (κ3) is 4.28. The normalized spacial score (nSPS) is 12.3. The average molecular weight is 358 g/mol. The van der Waals surface area contributed by atoms with Crippen LogP contribution in [0.15, 0.2) is 66.0 Å². The summed E-state index contributed by atoms with van der Waals surface area (Å²) in [5.41, 5.74) is 2.01. The second-order valence-corrected chi connectivity index (χ2v) is 6.55. The van der Waals surface area contributed by atoms with Gasteiger partial charge < -0.3 is 14.8 Å². The van der Waals surface area contributed by atoms with Gasteiger partial charge in [0, 0.05) is 5.75 Å². The number of aromatic nitrogens is 2. The Morgan fingerprint density at radius 1 is 1.08 bits per heavy atom. The topological polar surface area (TPSA) is 58.3 Å². The maximum atomic E-state index is 13.8. The van der Waals surface area contributed by atoms with Crippen LogP contribution in [0.25, 0.3) is 0 Å². The minimum absolute atomic E-state index is 0.172. The van der Waals surface area contributed by atoms with Crippen molar-refractivity contribution in [1.82, 2.24) is 9.55 Å². The van der Waals surface area contributed by atoms with Gasteiger partial charge >= 0.3 is 0 Å². The standard InChI is InChI=1S/C19H19FN2O2S/c20-17-9-5-4-8-15(17)13-25-19-21-10-16(12-23)22(19)11-18(24)14-6-2-1-3-7-14/h1-10,18,23-24H,11-13H2. The molecular formula is C19H19FN2O2S. The molecule has 1 unspecified atom stereocenters. The molecule has 6 heteroatoms. The van der Waals surface area contributed by atoms with Crippen molar-refractivity contribution >= 4 is 11.8 Å². The number of aliphatic hydroxyl groups excluding tert-OH is 2. The van der Waals surface area contributed by atoms with Crippen LogP contribution in [0, 0.1) is 5.82 Å². The molecule has 2 aromatic carbocycles. The highest BCUT2D eigenvalue weighted by Crippen LogP contribution is 2.26. The zero-order valence-electron chi connectivity index (χ0n) is 13.5. The molecule has 0 aliphatic heterocycles. The molecule has 0 saturated heterocycles. The summed E-state index contributed by atoms with van der Waals surface area (Å²) in [6, 6.07) is 16.0. The first kappa shape index (κ1) is 17.7. The molecule has 0 spiro atoms. The van der Waals surface area contributed by atoms with Gasteiger partial charge in [0.15, 0.2) is 5.16 Å². The third-order valence-electron chi connectivity index (χ3n) is 3.92. The fourth-order valence-electron chi connectivity index (χ4n) is 2.54. The molecule has 3 rings (SSSR count). The highest BCUT2D eigenvalue weighted by molar-refractivity contribution is 7.98. The molecule has 1 heterocycles. The molecule has 2 N–H and O–H groups in total. The molecular weight excluding hydrogens is 339 g/mol. The minimum Gasteiger partial charge on any atom is -0.390 e. The minimum atomic E-state index is -0.714. The van der Waals surface area contributed by atoms with Gasteiger partial charge in [-0.25, -0.2) is 9.37 Å². The maximum absolute atomic E-state index is 13.8. The van der Waals surface area contributed by atoms with Crippen molar-refractivity contribution in [3.63, 3.8) is 0 Å². The number of hydrogen-bond acceptors (Lipinski definition) is 4. The smallest absolute Gasteiger partial charge is 0.168 e. The van der Waals surface area contributed by atoms with E-state index in [0.717, 1.165) is 5.56 Å². The maximum Gasteiger partial charge on any atom is 0.168 e. The van der Waals surface area contributed by atoms with Crippen molar-refractivity contribution in [2.45, 2.75) is 30.2 Å². The van der Waals surface area contributed by atoms with E-state index in [1.165, 1.54) is 17.8 Å². The van der Waals surface area contributed by atoms with Gasteiger partial charge in [0.25, 0.3) is 0 Å². The average Bonchev–Trinajstić information content (AvgIpc) is 3.03. The van der Waals surface area contributed by atoms with Crippen molar-refractivity contribution in [1.29, 1.82) is 0 Å². The van der Waals surface area contributed by atoms with Gasteiger partial charge in [-0.15, -0.1) is 0 Å². The Bertz CT molecular complexity index is 823. The quantitative estimate of drug-likeness (QED) is 0.634. The Hall–Kier alpha value is -2.15. The molecule has 1 atom stereocenters. The number of rotatable bonds is 7. The van der Waals surface area contributed by atoms with E-state index < -0.39 is 6.10 Å². The van der Waals surface area contributed by atoms with Gasteiger partial charge in [0.2, 0.25) is 0 Å². The lowest BCUT2D eigenvalue weighted by molar-refractivity contribution is 0.148. The SMILES string of the molecule is OCc1cnc(SCc2ccccc2F)n1CC(O)c1ccccc1. The summed E-state index contributed by atoms with van der Waals surface area (Å²) in [4.78, 5) is 4.31. The largest absolute Gasteiger partial charge is 0.390 e. The van der Waals surface area contributed by atoms with E-state index >= 15 is 0 Å². The number of nitrogens with zero attached hydrogens (tertiary/aromatic N) is 2. The highest BCUT2D eigenvalue weighted by Gasteiger charge is 2.16. The highest BCUT2D eigenvalue weighted by atomic mass is 32.2. The number of imidazole rings is 1. The number of halogens is 1. The van der Waals surface area contributed by atoms with E-state index in [0.29, 0.717) is 22.2 Å². The molecule has 0 saturated carbocycles. The summed E-state index contributed by atoms with van der Waals surface area (Å²) in [7, 11) is 0. The lowest BCUT2D eigenvalue weighted by Gasteiger charge is -2.16. The Balaban J connectivity index is 1.77. The number of hydrogen-bond donors (Lipinski definition) is 2. The van der Waals surface area contributed by atoms with Crippen LogP contribution < -0.4 is 0 Å². The first-order valence-corrected chi connectivity index (χ1v) is 8.92. The van der Waals surface area contributed by atoms with Crippen LogP contribution in [0.5, 0.6) is 0 Å². The summed E-state index contributed by atoms with van der Waals surface area (Å²) < 4.78 is 15.6. The Morgan fingerprint density at radius 3 is 2.52 bits per heavy atom. The van der Waals surface area contributed by atoms with Crippen LogP contribution in [0.2, 0.25) is 0 Å². The molecule has 130 valence electrons. The van der Waals surface area contributed by atoms with Gasteiger partial charge in [-0.1, -0.05) is 60.3 Å². The molecule has 0 aliphatic carbocycles. The van der Waals surface area contributed by atoms with Crippen LogP contribution >= 0.6 is 11.8 Å². The molecule has 4 nitrogen and oxygen atoms in total. The van der Waals surface area contributed by atoms with Crippen molar-refractivity contribution < 1.29 is 14.6 Å². The summed E-state index contributed by atoms with van der Waals surface area (Å²) >= 11 is 1.38. The summed E-state index contributed by atoms with van der Waals surface area (Å²) in [5.74, 6) is 0.176. The second-order valence-electron chi connectivity index (χ2n) is 5.61. The first-order chi connectivity index (χ1) is 12.2. The monoisotopic (exact) mass is 358 g/mol. The fourth-order valence-corrected chi connectivity index (χ4v) is 3.53. The predicted octanol–water partition coefficient (Wildman–Crippen LogP) is 3.54. The van der Waals surface area contributed by atoms with Gasteiger partial charge in [-0.05, 0) is 17.2 Å². The lowest BCUT2D eigenvalue weighted by Crippen LogP contribution is -2.12. The zero-order chi connectivity index (χ0) is 17.6. The van der Waals surface area contributed by atoms with E-state index in [1.54, 1.807) is 29.0 Å². The van der Waals surface area contributed by atoms with Crippen LogP contribution in [-0.2, 0) is 18.9 Å². The molecule has 0 aliphatic rings. The van der Waals surface area contributed by atoms with Crippen LogP contribution in [-0.4, -0.2) is 19.8 Å².